The minimum atomic E-state index is -0.679. The molecule has 0 unspecified atom stereocenters. The summed E-state index contributed by atoms with van der Waals surface area (Å²) in [6.45, 7) is -0.0959. The van der Waals surface area contributed by atoms with Gasteiger partial charge in [-0.3, -0.25) is 19.8 Å². The smallest absolute Gasteiger partial charge is 0.373 e. The highest BCUT2D eigenvalue weighted by molar-refractivity contribution is 6.30. The van der Waals surface area contributed by atoms with E-state index in [1.165, 1.54) is 37.5 Å². The van der Waals surface area contributed by atoms with Crippen LogP contribution < -0.4 is 10.1 Å². The zero-order valence-electron chi connectivity index (χ0n) is 18.7. The number of halogens is 1. The van der Waals surface area contributed by atoms with Crippen LogP contribution in [0, 0.1) is 10.1 Å². The second kappa shape index (κ2) is 10.3. The number of urea groups is 1. The molecular formula is C24H18ClN3O8. The number of non-ortho nitro benzene ring substituents is 1. The van der Waals surface area contributed by atoms with Crippen LogP contribution in [0.2, 0.25) is 5.02 Å². The molecule has 0 spiro atoms. The van der Waals surface area contributed by atoms with Crippen molar-refractivity contribution in [2.24, 2.45) is 0 Å². The molecule has 12 heteroatoms. The van der Waals surface area contributed by atoms with Crippen LogP contribution in [0.5, 0.6) is 5.75 Å². The number of rotatable bonds is 8. The highest BCUT2D eigenvalue weighted by atomic mass is 35.5. The molecule has 0 radical (unpaired) electrons. The first kappa shape index (κ1) is 24.5. The molecule has 2 aromatic carbocycles. The Hall–Kier alpha value is -4.64. The molecule has 4 rings (SSSR count). The largest absolute Gasteiger partial charge is 0.488 e. The molecule has 1 fully saturated rings. The number of nitrogens with zero attached hydrogens (tertiary/aromatic N) is 2. The lowest BCUT2D eigenvalue weighted by Gasteiger charge is -2.11. The normalized spacial score (nSPS) is 14.2. The standard InChI is InChI=1S/C24H18ClN3O8/c1-34-23(30)21-9-7-18(36-21)12-27-22(29)19(26-24(27)31)11-15-10-16(25)4-8-20(15)35-13-14-2-5-17(6-3-14)28(32)33/h2-11H,12-13H2,1H3,(H,26,31)/b19-11-. The molecule has 36 heavy (non-hydrogen) atoms. The summed E-state index contributed by atoms with van der Waals surface area (Å²) in [5.41, 5.74) is 1.07. The number of hydrogen-bond acceptors (Lipinski definition) is 8. The molecule has 2 heterocycles. The number of nitro groups is 1. The van der Waals surface area contributed by atoms with Gasteiger partial charge in [-0.2, -0.15) is 0 Å². The summed E-state index contributed by atoms with van der Waals surface area (Å²) in [6.07, 6.45) is 1.43. The van der Waals surface area contributed by atoms with Gasteiger partial charge < -0.3 is 19.2 Å². The van der Waals surface area contributed by atoms with Gasteiger partial charge in [0.05, 0.1) is 18.6 Å². The summed E-state index contributed by atoms with van der Waals surface area (Å²) in [5.74, 6) is -0.753. The summed E-state index contributed by atoms with van der Waals surface area (Å²) in [7, 11) is 1.21. The van der Waals surface area contributed by atoms with Crippen LogP contribution in [0.15, 0.2) is 64.7 Å². The molecule has 1 N–H and O–H groups in total. The molecule has 184 valence electrons. The van der Waals surface area contributed by atoms with Crippen molar-refractivity contribution >= 4 is 41.3 Å². The van der Waals surface area contributed by atoms with E-state index in [1.54, 1.807) is 30.3 Å². The Morgan fingerprint density at radius 2 is 1.92 bits per heavy atom. The Labute approximate surface area is 209 Å². The number of esters is 1. The summed E-state index contributed by atoms with van der Waals surface area (Å²) in [5, 5.41) is 13.7. The number of benzene rings is 2. The first-order valence-corrected chi connectivity index (χ1v) is 10.8. The fraction of sp³-hybridized carbons (Fsp3) is 0.125. The van der Waals surface area contributed by atoms with Gasteiger partial charge in [0.15, 0.2) is 0 Å². The summed E-state index contributed by atoms with van der Waals surface area (Å²) in [4.78, 5) is 48.1. The van der Waals surface area contributed by atoms with E-state index in [-0.39, 0.29) is 36.1 Å². The number of nitro benzene ring substituents is 1. The van der Waals surface area contributed by atoms with Crippen molar-refractivity contribution in [1.82, 2.24) is 10.2 Å². The van der Waals surface area contributed by atoms with E-state index in [1.807, 2.05) is 0 Å². The van der Waals surface area contributed by atoms with E-state index in [2.05, 4.69) is 10.1 Å². The maximum Gasteiger partial charge on any atom is 0.373 e. The molecule has 3 amide bonds. The average molecular weight is 512 g/mol. The molecule has 1 aliphatic heterocycles. The topological polar surface area (TPSA) is 141 Å². The maximum atomic E-state index is 12.9. The SMILES string of the molecule is COC(=O)c1ccc(CN2C(=O)N/C(=C\c3cc(Cl)ccc3OCc3ccc([N+](=O)[O-])cc3)C2=O)o1. The molecule has 1 aromatic heterocycles. The Morgan fingerprint density at radius 1 is 1.17 bits per heavy atom. The van der Waals surface area contributed by atoms with Crippen LogP contribution in [0.3, 0.4) is 0 Å². The lowest BCUT2D eigenvalue weighted by Crippen LogP contribution is -2.30. The van der Waals surface area contributed by atoms with E-state index in [4.69, 9.17) is 20.8 Å². The predicted octanol–water partition coefficient (Wildman–Crippen LogP) is 4.30. The van der Waals surface area contributed by atoms with Gasteiger partial charge in [0.2, 0.25) is 5.76 Å². The van der Waals surface area contributed by atoms with Crippen molar-refractivity contribution in [3.05, 3.63) is 98.1 Å². The minimum absolute atomic E-state index is 0.0119. The molecule has 1 saturated heterocycles. The Bertz CT molecular complexity index is 1380. The summed E-state index contributed by atoms with van der Waals surface area (Å²) < 4.78 is 15.8. The molecule has 11 nitrogen and oxygen atoms in total. The lowest BCUT2D eigenvalue weighted by molar-refractivity contribution is -0.384. The van der Waals surface area contributed by atoms with Crippen LogP contribution in [0.4, 0.5) is 10.5 Å². The number of carbonyl (C=O) groups excluding carboxylic acids is 3. The fourth-order valence-corrected chi connectivity index (χ4v) is 3.52. The average Bonchev–Trinajstić information content (AvgIpc) is 3.44. The minimum Gasteiger partial charge on any atom is -0.488 e. The molecule has 0 saturated carbocycles. The van der Waals surface area contributed by atoms with E-state index in [0.29, 0.717) is 21.9 Å². The lowest BCUT2D eigenvalue weighted by atomic mass is 10.1. The van der Waals surface area contributed by atoms with Crippen LogP contribution in [0.1, 0.15) is 27.4 Å². The molecule has 0 atom stereocenters. The van der Waals surface area contributed by atoms with Crippen LogP contribution in [0.25, 0.3) is 6.08 Å². The number of furan rings is 1. The second-order valence-corrected chi connectivity index (χ2v) is 7.97. The maximum absolute atomic E-state index is 12.9. The summed E-state index contributed by atoms with van der Waals surface area (Å²) in [6, 6.07) is 12.9. The van der Waals surface area contributed by atoms with Crippen LogP contribution in [-0.2, 0) is 22.7 Å². The highest BCUT2D eigenvalue weighted by Gasteiger charge is 2.34. The fourth-order valence-electron chi connectivity index (χ4n) is 3.34. The third-order valence-electron chi connectivity index (χ3n) is 5.14. The van der Waals surface area contributed by atoms with Gasteiger partial charge in [0.1, 0.15) is 23.8 Å². The van der Waals surface area contributed by atoms with Crippen molar-refractivity contribution < 1.29 is 33.2 Å². The van der Waals surface area contributed by atoms with Gasteiger partial charge >= 0.3 is 12.0 Å². The number of ether oxygens (including phenoxy) is 2. The van der Waals surface area contributed by atoms with Crippen molar-refractivity contribution in [2.45, 2.75) is 13.2 Å². The number of methoxy groups -OCH3 is 1. The highest BCUT2D eigenvalue weighted by Crippen LogP contribution is 2.28. The monoisotopic (exact) mass is 511 g/mol. The third kappa shape index (κ3) is 5.36. The Kier molecular flexibility index (Phi) is 7.02. The molecular weight excluding hydrogens is 494 g/mol. The van der Waals surface area contributed by atoms with Gasteiger partial charge in [-0.05, 0) is 54.1 Å². The Balaban J connectivity index is 1.50. The number of nitrogens with one attached hydrogen (secondary N) is 1. The predicted molar refractivity (Wildman–Crippen MR) is 126 cm³/mol. The second-order valence-electron chi connectivity index (χ2n) is 7.53. The van der Waals surface area contributed by atoms with Crippen molar-refractivity contribution in [3.8, 4) is 5.75 Å². The van der Waals surface area contributed by atoms with E-state index in [0.717, 1.165) is 4.90 Å². The van der Waals surface area contributed by atoms with E-state index in [9.17, 15) is 24.5 Å². The summed E-state index contributed by atoms with van der Waals surface area (Å²) >= 11 is 6.13. The zero-order valence-corrected chi connectivity index (χ0v) is 19.5. The molecule has 3 aromatic rings. The number of carbonyl (C=O) groups is 3. The quantitative estimate of drug-likeness (QED) is 0.155. The Morgan fingerprint density at radius 3 is 2.61 bits per heavy atom. The van der Waals surface area contributed by atoms with Gasteiger partial charge in [-0.25, -0.2) is 9.59 Å². The first-order chi connectivity index (χ1) is 17.2. The molecule has 1 aliphatic rings. The van der Waals surface area contributed by atoms with Gasteiger partial charge in [-0.1, -0.05) is 11.6 Å². The van der Waals surface area contributed by atoms with Gasteiger partial charge in [0, 0.05) is 22.7 Å². The molecule has 0 aliphatic carbocycles. The number of amides is 3. The molecule has 0 bridgehead atoms. The third-order valence-corrected chi connectivity index (χ3v) is 5.37. The van der Waals surface area contributed by atoms with Crippen LogP contribution >= 0.6 is 11.6 Å². The van der Waals surface area contributed by atoms with Gasteiger partial charge in [0.25, 0.3) is 11.6 Å². The first-order valence-electron chi connectivity index (χ1n) is 10.4. The number of imide groups is 1. The van der Waals surface area contributed by atoms with E-state index >= 15 is 0 Å². The zero-order chi connectivity index (χ0) is 25.8. The number of hydrogen-bond donors (Lipinski definition) is 1. The van der Waals surface area contributed by atoms with Crippen molar-refractivity contribution in [3.63, 3.8) is 0 Å². The van der Waals surface area contributed by atoms with Crippen LogP contribution in [-0.4, -0.2) is 34.8 Å². The van der Waals surface area contributed by atoms with Crippen molar-refractivity contribution in [1.29, 1.82) is 0 Å². The van der Waals surface area contributed by atoms with E-state index < -0.39 is 22.8 Å². The van der Waals surface area contributed by atoms with Gasteiger partial charge in [-0.15, -0.1) is 0 Å². The van der Waals surface area contributed by atoms with Crippen molar-refractivity contribution in [2.75, 3.05) is 7.11 Å².